The fraction of sp³-hybridized carbons (Fsp3) is 0.100. The highest BCUT2D eigenvalue weighted by molar-refractivity contribution is 5.89. The van der Waals surface area contributed by atoms with Crippen molar-refractivity contribution >= 4 is 12.1 Å². The van der Waals surface area contributed by atoms with Crippen LogP contribution >= 0.6 is 0 Å². The molecule has 1 amide bonds. The van der Waals surface area contributed by atoms with Gasteiger partial charge in [-0.25, -0.2) is 9.82 Å². The quantitative estimate of drug-likeness (QED) is 0.378. The van der Waals surface area contributed by atoms with Gasteiger partial charge in [0.25, 0.3) is 5.91 Å². The Morgan fingerprint density at radius 1 is 1.23 bits per heavy atom. The lowest BCUT2D eigenvalue weighted by atomic mass is 10.1. The molecule has 0 fully saturated rings. The molecule has 0 bridgehead atoms. The van der Waals surface area contributed by atoms with Crippen molar-refractivity contribution in [2.75, 3.05) is 0 Å². The van der Waals surface area contributed by atoms with Crippen molar-refractivity contribution in [2.24, 2.45) is 5.10 Å². The van der Waals surface area contributed by atoms with Gasteiger partial charge >= 0.3 is 0 Å². The Bertz CT molecular complexity index is 1200. The van der Waals surface area contributed by atoms with Crippen LogP contribution in [0.15, 0.2) is 59.8 Å². The molecule has 4 rings (SSSR count). The first kappa shape index (κ1) is 19.1. The van der Waals surface area contributed by atoms with Gasteiger partial charge in [-0.2, -0.15) is 15.0 Å². The number of aryl methyl sites for hydroxylation is 1. The summed E-state index contributed by atoms with van der Waals surface area (Å²) in [6.45, 7) is 1.82. The number of H-pyrrole nitrogens is 1. The van der Waals surface area contributed by atoms with Crippen molar-refractivity contribution in [3.63, 3.8) is 0 Å². The molecule has 2 aromatic carbocycles. The van der Waals surface area contributed by atoms with Crippen LogP contribution in [0, 0.1) is 12.7 Å². The Labute approximate surface area is 170 Å². The van der Waals surface area contributed by atoms with Gasteiger partial charge in [-0.05, 0) is 42.0 Å². The van der Waals surface area contributed by atoms with Crippen LogP contribution in [0.25, 0.3) is 22.6 Å². The molecule has 10 heteroatoms. The molecule has 2 aromatic heterocycles. The number of aromatic amines is 1. The SMILES string of the molecule is Cc1ccccc1-c1nnn(CC(=O)N/N=C\c2cn[nH]c2-c2ccc(F)cc2)n1. The monoisotopic (exact) mass is 404 g/mol. The molecule has 0 saturated heterocycles. The summed E-state index contributed by atoms with van der Waals surface area (Å²) in [6.07, 6.45) is 3.01. The summed E-state index contributed by atoms with van der Waals surface area (Å²) in [7, 11) is 0. The number of nitrogens with zero attached hydrogens (tertiary/aromatic N) is 6. The second kappa shape index (κ2) is 8.43. The highest BCUT2D eigenvalue weighted by atomic mass is 19.1. The lowest BCUT2D eigenvalue weighted by Gasteiger charge is -2.00. The number of amides is 1. The number of hydrogen-bond acceptors (Lipinski definition) is 6. The van der Waals surface area contributed by atoms with E-state index in [0.717, 1.165) is 16.7 Å². The van der Waals surface area contributed by atoms with Gasteiger partial charge in [0.05, 0.1) is 18.1 Å². The predicted molar refractivity (Wildman–Crippen MR) is 108 cm³/mol. The van der Waals surface area contributed by atoms with Crippen molar-refractivity contribution < 1.29 is 9.18 Å². The van der Waals surface area contributed by atoms with Gasteiger partial charge in [0.1, 0.15) is 12.4 Å². The molecule has 0 radical (unpaired) electrons. The zero-order valence-electron chi connectivity index (χ0n) is 16.0. The molecule has 0 aliphatic heterocycles. The number of carbonyl (C=O) groups excluding carboxylic acids is 1. The van der Waals surface area contributed by atoms with Crippen molar-refractivity contribution in [1.29, 1.82) is 0 Å². The van der Waals surface area contributed by atoms with Gasteiger partial charge in [-0.15, -0.1) is 10.2 Å². The molecular formula is C20H17FN8O. The Morgan fingerprint density at radius 3 is 2.83 bits per heavy atom. The Hall–Kier alpha value is -4.21. The lowest BCUT2D eigenvalue weighted by molar-refractivity contribution is -0.122. The minimum absolute atomic E-state index is 0.133. The Morgan fingerprint density at radius 2 is 2.03 bits per heavy atom. The van der Waals surface area contributed by atoms with Crippen LogP contribution in [0.4, 0.5) is 4.39 Å². The number of hydrazone groups is 1. The van der Waals surface area contributed by atoms with Crippen LogP contribution in [0.1, 0.15) is 11.1 Å². The molecule has 4 aromatic rings. The van der Waals surface area contributed by atoms with Crippen LogP contribution < -0.4 is 5.43 Å². The summed E-state index contributed by atoms with van der Waals surface area (Å²) in [5.74, 6) is -0.286. The highest BCUT2D eigenvalue weighted by Crippen LogP contribution is 2.20. The zero-order valence-corrected chi connectivity index (χ0v) is 16.0. The summed E-state index contributed by atoms with van der Waals surface area (Å²) < 4.78 is 13.1. The molecular weight excluding hydrogens is 387 g/mol. The molecule has 0 spiro atoms. The fourth-order valence-electron chi connectivity index (χ4n) is 2.82. The number of rotatable bonds is 6. The molecule has 0 atom stereocenters. The van der Waals surface area contributed by atoms with E-state index in [9.17, 15) is 9.18 Å². The van der Waals surface area contributed by atoms with Crippen LogP contribution in [-0.2, 0) is 11.3 Å². The first-order valence-electron chi connectivity index (χ1n) is 9.05. The van der Waals surface area contributed by atoms with E-state index in [1.165, 1.54) is 23.1 Å². The van der Waals surface area contributed by atoms with E-state index in [0.29, 0.717) is 17.1 Å². The number of aromatic nitrogens is 6. The third-order valence-corrected chi connectivity index (χ3v) is 4.32. The van der Waals surface area contributed by atoms with Crippen LogP contribution in [0.2, 0.25) is 0 Å². The number of carbonyl (C=O) groups is 1. The standard InChI is InChI=1S/C20H17FN8O/c1-13-4-2-3-5-17(13)20-26-28-29(27-20)12-18(30)24-22-10-15-11-23-25-19(15)14-6-8-16(21)9-7-14/h2-11H,12H2,1H3,(H,23,25)(H,24,30)/b22-10-. The summed E-state index contributed by atoms with van der Waals surface area (Å²) in [5.41, 5.74) is 6.34. The van der Waals surface area contributed by atoms with Gasteiger partial charge in [0.2, 0.25) is 5.82 Å². The largest absolute Gasteiger partial charge is 0.277 e. The third kappa shape index (κ3) is 4.27. The third-order valence-electron chi connectivity index (χ3n) is 4.32. The smallest absolute Gasteiger partial charge is 0.263 e. The topological polar surface area (TPSA) is 114 Å². The summed E-state index contributed by atoms with van der Waals surface area (Å²) in [6, 6.07) is 13.6. The van der Waals surface area contributed by atoms with E-state index in [1.54, 1.807) is 18.3 Å². The molecule has 0 aliphatic rings. The first-order valence-corrected chi connectivity index (χ1v) is 9.05. The molecule has 2 N–H and O–H groups in total. The van der Waals surface area contributed by atoms with Crippen molar-refractivity contribution in [3.05, 3.63) is 71.7 Å². The van der Waals surface area contributed by atoms with Crippen molar-refractivity contribution in [2.45, 2.75) is 13.5 Å². The average Bonchev–Trinajstić information content (AvgIpc) is 3.39. The number of nitrogens with one attached hydrogen (secondary N) is 2. The molecule has 9 nitrogen and oxygen atoms in total. The summed E-state index contributed by atoms with van der Waals surface area (Å²) in [5, 5.41) is 22.9. The van der Waals surface area contributed by atoms with E-state index in [4.69, 9.17) is 0 Å². The van der Waals surface area contributed by atoms with Gasteiger partial charge < -0.3 is 0 Å². The maximum Gasteiger partial charge on any atom is 0.263 e. The molecule has 150 valence electrons. The van der Waals surface area contributed by atoms with E-state index < -0.39 is 5.91 Å². The first-order chi connectivity index (χ1) is 14.6. The van der Waals surface area contributed by atoms with E-state index in [1.807, 2.05) is 31.2 Å². The number of halogens is 1. The Kier molecular flexibility index (Phi) is 5.37. The molecule has 0 aliphatic carbocycles. The van der Waals surface area contributed by atoms with Crippen LogP contribution in [0.5, 0.6) is 0 Å². The molecule has 30 heavy (non-hydrogen) atoms. The molecule has 0 saturated carbocycles. The lowest BCUT2D eigenvalue weighted by Crippen LogP contribution is -2.24. The van der Waals surface area contributed by atoms with Crippen LogP contribution in [-0.4, -0.2) is 42.5 Å². The molecule has 2 heterocycles. The van der Waals surface area contributed by atoms with E-state index in [-0.39, 0.29) is 12.4 Å². The minimum atomic E-state index is -0.410. The van der Waals surface area contributed by atoms with E-state index >= 15 is 0 Å². The minimum Gasteiger partial charge on any atom is -0.277 e. The highest BCUT2D eigenvalue weighted by Gasteiger charge is 2.11. The average molecular weight is 404 g/mol. The van der Waals surface area contributed by atoms with E-state index in [2.05, 4.69) is 36.1 Å². The fourth-order valence-corrected chi connectivity index (χ4v) is 2.82. The summed E-state index contributed by atoms with van der Waals surface area (Å²) in [4.78, 5) is 13.3. The second-order valence-electron chi connectivity index (χ2n) is 6.46. The van der Waals surface area contributed by atoms with Gasteiger partial charge in [-0.1, -0.05) is 24.3 Å². The maximum atomic E-state index is 13.1. The second-order valence-corrected chi connectivity index (χ2v) is 6.46. The Balaban J connectivity index is 1.38. The number of hydrogen-bond donors (Lipinski definition) is 2. The summed E-state index contributed by atoms with van der Waals surface area (Å²) >= 11 is 0. The number of benzene rings is 2. The zero-order chi connectivity index (χ0) is 20.9. The number of tetrazole rings is 1. The van der Waals surface area contributed by atoms with Gasteiger partial charge in [-0.3, -0.25) is 9.89 Å². The van der Waals surface area contributed by atoms with Gasteiger partial charge in [0.15, 0.2) is 0 Å². The normalized spacial score (nSPS) is 11.1. The van der Waals surface area contributed by atoms with Crippen LogP contribution in [0.3, 0.4) is 0 Å². The predicted octanol–water partition coefficient (Wildman–Crippen LogP) is 2.33. The van der Waals surface area contributed by atoms with Crippen molar-refractivity contribution in [3.8, 4) is 22.6 Å². The van der Waals surface area contributed by atoms with Crippen molar-refractivity contribution in [1.82, 2.24) is 35.8 Å². The van der Waals surface area contributed by atoms with Gasteiger partial charge in [0, 0.05) is 16.7 Å². The maximum absolute atomic E-state index is 13.1. The molecule has 0 unspecified atom stereocenters.